The predicted molar refractivity (Wildman–Crippen MR) is 119 cm³/mol. The van der Waals surface area contributed by atoms with Crippen LogP contribution in [0.1, 0.15) is 16.1 Å². The molecule has 0 atom stereocenters. The Morgan fingerprint density at radius 1 is 1.16 bits per heavy atom. The molecule has 0 unspecified atom stereocenters. The fourth-order valence-corrected chi connectivity index (χ4v) is 3.61. The molecule has 7 nitrogen and oxygen atoms in total. The summed E-state index contributed by atoms with van der Waals surface area (Å²) < 4.78 is 19.9. The molecule has 4 rings (SSSR count). The number of carbonyl (C=O) groups excluding carboxylic acids is 2. The van der Waals surface area contributed by atoms with E-state index in [1.54, 1.807) is 6.07 Å². The van der Waals surface area contributed by atoms with Gasteiger partial charge < -0.3 is 9.52 Å². The van der Waals surface area contributed by atoms with Crippen molar-refractivity contribution in [2.75, 3.05) is 4.90 Å². The Hall–Kier alpha value is -3.82. The molecule has 3 aromatic rings. The van der Waals surface area contributed by atoms with E-state index in [2.05, 4.69) is 5.32 Å². The minimum Gasteiger partial charge on any atom is -0.478 e. The fourth-order valence-electron chi connectivity index (χ4n) is 3.08. The van der Waals surface area contributed by atoms with E-state index in [0.717, 1.165) is 4.90 Å². The number of anilines is 1. The number of carbonyl (C=O) groups is 3. The average molecular weight is 471 g/mol. The normalized spacial score (nSPS) is 15.2. The van der Waals surface area contributed by atoms with Crippen molar-refractivity contribution >= 4 is 58.5 Å². The largest absolute Gasteiger partial charge is 0.478 e. The molecule has 0 spiro atoms. The number of furan rings is 1. The lowest BCUT2D eigenvalue weighted by atomic mass is 10.1. The first-order valence-electron chi connectivity index (χ1n) is 9.05. The summed E-state index contributed by atoms with van der Waals surface area (Å²) in [7, 11) is 0. The molecule has 2 heterocycles. The van der Waals surface area contributed by atoms with Crippen LogP contribution in [-0.4, -0.2) is 28.0 Å². The first-order chi connectivity index (χ1) is 15.3. The standard InChI is InChI=1S/C22H12ClFN2O5S/c23-15-9-11(5-7-13(15)21(29)30)18-8-6-12(31-18)10-14-19(27)25-22(32)26(20(14)28)17-4-2-1-3-16(17)24/h1-10H,(H,29,30)(H,25,27,32)/b14-10+. The Balaban J connectivity index is 1.67. The highest BCUT2D eigenvalue weighted by atomic mass is 35.5. The molecule has 2 N–H and O–H groups in total. The van der Waals surface area contributed by atoms with Crippen LogP contribution in [0.5, 0.6) is 0 Å². The third kappa shape index (κ3) is 3.91. The number of benzene rings is 2. The lowest BCUT2D eigenvalue weighted by Gasteiger charge is -2.28. The summed E-state index contributed by atoms with van der Waals surface area (Å²) >= 11 is 11.0. The molecule has 0 saturated carbocycles. The number of hydrogen-bond acceptors (Lipinski definition) is 5. The Bertz CT molecular complexity index is 1330. The number of aromatic carboxylic acids is 1. The maximum atomic E-state index is 14.2. The summed E-state index contributed by atoms with van der Waals surface area (Å²) in [5.41, 5.74) is 0.0416. The molecule has 10 heteroatoms. The number of carboxylic acid groups (broad SMARTS) is 1. The van der Waals surface area contributed by atoms with Gasteiger partial charge in [0, 0.05) is 5.56 Å². The van der Waals surface area contributed by atoms with Crippen LogP contribution in [0.15, 0.2) is 64.6 Å². The Morgan fingerprint density at radius 2 is 1.91 bits per heavy atom. The molecule has 1 aromatic heterocycles. The van der Waals surface area contributed by atoms with Crippen molar-refractivity contribution in [1.82, 2.24) is 5.32 Å². The van der Waals surface area contributed by atoms with Crippen molar-refractivity contribution in [2.45, 2.75) is 0 Å². The smallest absolute Gasteiger partial charge is 0.337 e. The topological polar surface area (TPSA) is 99.9 Å². The number of nitrogens with zero attached hydrogens (tertiary/aromatic N) is 1. The van der Waals surface area contributed by atoms with Crippen LogP contribution in [0.25, 0.3) is 17.4 Å². The molecule has 1 aliphatic rings. The Labute approximate surface area is 190 Å². The number of para-hydroxylation sites is 1. The van der Waals surface area contributed by atoms with Gasteiger partial charge in [0.15, 0.2) is 5.11 Å². The van der Waals surface area contributed by atoms with Crippen LogP contribution in [-0.2, 0) is 9.59 Å². The van der Waals surface area contributed by atoms with Crippen molar-refractivity contribution in [3.05, 3.63) is 82.3 Å². The number of carboxylic acids is 1. The van der Waals surface area contributed by atoms with E-state index >= 15 is 0 Å². The summed E-state index contributed by atoms with van der Waals surface area (Å²) in [6.07, 6.45) is 1.21. The van der Waals surface area contributed by atoms with Crippen LogP contribution in [0.4, 0.5) is 10.1 Å². The van der Waals surface area contributed by atoms with Gasteiger partial charge in [-0.15, -0.1) is 0 Å². The number of hydrogen-bond donors (Lipinski definition) is 2. The van der Waals surface area contributed by atoms with Gasteiger partial charge in [-0.25, -0.2) is 14.1 Å². The lowest BCUT2D eigenvalue weighted by Crippen LogP contribution is -2.54. The Morgan fingerprint density at radius 3 is 2.59 bits per heavy atom. The minimum absolute atomic E-state index is 0.0298. The van der Waals surface area contributed by atoms with E-state index in [4.69, 9.17) is 33.3 Å². The number of halogens is 2. The highest BCUT2D eigenvalue weighted by Gasteiger charge is 2.35. The SMILES string of the molecule is O=C1NC(=S)N(c2ccccc2F)C(=O)/C1=C/c1ccc(-c2ccc(C(=O)O)c(Cl)c2)o1. The van der Waals surface area contributed by atoms with Gasteiger partial charge in [-0.05, 0) is 54.7 Å². The van der Waals surface area contributed by atoms with Crippen molar-refractivity contribution in [2.24, 2.45) is 0 Å². The number of rotatable bonds is 4. The van der Waals surface area contributed by atoms with Crippen LogP contribution >= 0.6 is 23.8 Å². The molecule has 2 aromatic carbocycles. The van der Waals surface area contributed by atoms with E-state index in [1.807, 2.05) is 0 Å². The van der Waals surface area contributed by atoms with E-state index in [1.165, 1.54) is 54.6 Å². The summed E-state index contributed by atoms with van der Waals surface area (Å²) in [5.74, 6) is -2.90. The first kappa shape index (κ1) is 21.4. The zero-order valence-corrected chi connectivity index (χ0v) is 17.5. The molecule has 0 radical (unpaired) electrons. The van der Waals surface area contributed by atoms with Crippen LogP contribution < -0.4 is 10.2 Å². The molecule has 0 bridgehead atoms. The van der Waals surface area contributed by atoms with E-state index in [9.17, 15) is 18.8 Å². The average Bonchev–Trinajstić information content (AvgIpc) is 3.21. The molecule has 1 saturated heterocycles. The van der Waals surface area contributed by atoms with Gasteiger partial charge in [0.25, 0.3) is 11.8 Å². The number of amides is 2. The molecular weight excluding hydrogens is 459 g/mol. The second-order valence-corrected chi connectivity index (χ2v) is 7.40. The van der Waals surface area contributed by atoms with Crippen molar-refractivity contribution in [3.8, 4) is 11.3 Å². The maximum absolute atomic E-state index is 14.2. The third-order valence-electron chi connectivity index (χ3n) is 4.59. The van der Waals surface area contributed by atoms with E-state index < -0.39 is 23.6 Å². The molecule has 160 valence electrons. The van der Waals surface area contributed by atoms with Crippen molar-refractivity contribution in [3.63, 3.8) is 0 Å². The van der Waals surface area contributed by atoms with Crippen LogP contribution in [0, 0.1) is 5.82 Å². The van der Waals surface area contributed by atoms with Gasteiger partial charge in [-0.1, -0.05) is 29.8 Å². The monoisotopic (exact) mass is 470 g/mol. The van der Waals surface area contributed by atoms with Gasteiger partial charge in [-0.2, -0.15) is 0 Å². The number of nitrogens with one attached hydrogen (secondary N) is 1. The second kappa shape index (κ2) is 8.37. The van der Waals surface area contributed by atoms with Gasteiger partial charge >= 0.3 is 5.97 Å². The quantitative estimate of drug-likeness (QED) is 0.335. The molecular formula is C22H12ClFN2O5S. The fraction of sp³-hybridized carbons (Fsp3) is 0. The highest BCUT2D eigenvalue weighted by molar-refractivity contribution is 7.80. The van der Waals surface area contributed by atoms with E-state index in [0.29, 0.717) is 11.3 Å². The summed E-state index contributed by atoms with van der Waals surface area (Å²) in [4.78, 5) is 37.3. The summed E-state index contributed by atoms with van der Waals surface area (Å²) in [6, 6.07) is 12.9. The summed E-state index contributed by atoms with van der Waals surface area (Å²) in [6.45, 7) is 0. The Kier molecular flexibility index (Phi) is 5.60. The van der Waals surface area contributed by atoms with Gasteiger partial charge in [0.1, 0.15) is 22.9 Å². The highest BCUT2D eigenvalue weighted by Crippen LogP contribution is 2.29. The van der Waals surface area contributed by atoms with Crippen LogP contribution in [0.2, 0.25) is 5.02 Å². The molecule has 1 aliphatic heterocycles. The van der Waals surface area contributed by atoms with Crippen LogP contribution in [0.3, 0.4) is 0 Å². The second-order valence-electron chi connectivity index (χ2n) is 6.61. The number of thiocarbonyl (C=S) groups is 1. The van der Waals surface area contributed by atoms with Crippen molar-refractivity contribution in [1.29, 1.82) is 0 Å². The zero-order chi connectivity index (χ0) is 23.0. The van der Waals surface area contributed by atoms with Gasteiger partial charge in [-0.3, -0.25) is 14.9 Å². The van der Waals surface area contributed by atoms with Gasteiger partial charge in [0.05, 0.1) is 16.3 Å². The summed E-state index contributed by atoms with van der Waals surface area (Å²) in [5, 5.41) is 11.2. The third-order valence-corrected chi connectivity index (χ3v) is 5.19. The minimum atomic E-state index is -1.16. The first-order valence-corrected chi connectivity index (χ1v) is 9.84. The van der Waals surface area contributed by atoms with Crippen molar-refractivity contribution < 1.29 is 28.3 Å². The lowest BCUT2D eigenvalue weighted by molar-refractivity contribution is -0.122. The molecule has 32 heavy (non-hydrogen) atoms. The molecule has 0 aliphatic carbocycles. The predicted octanol–water partition coefficient (Wildman–Crippen LogP) is 4.27. The zero-order valence-electron chi connectivity index (χ0n) is 16.0. The molecule has 1 fully saturated rings. The van der Waals surface area contributed by atoms with Gasteiger partial charge in [0.2, 0.25) is 0 Å². The maximum Gasteiger partial charge on any atom is 0.337 e. The van der Waals surface area contributed by atoms with E-state index in [-0.39, 0.29) is 32.7 Å². The molecule has 2 amide bonds.